The first-order chi connectivity index (χ1) is 7.15. The first-order valence-electron chi connectivity index (χ1n) is 4.68. The molecule has 0 saturated carbocycles. The van der Waals surface area contributed by atoms with Crippen LogP contribution in [0.15, 0.2) is 18.2 Å². The quantitative estimate of drug-likeness (QED) is 0.789. The van der Waals surface area contributed by atoms with E-state index in [2.05, 4.69) is 5.32 Å². The van der Waals surface area contributed by atoms with Gasteiger partial charge in [0.05, 0.1) is 5.92 Å². The normalized spacial score (nSPS) is 18.8. The number of ketones is 1. The number of carbonyl (C=O) groups is 2. The molecule has 0 saturated heterocycles. The van der Waals surface area contributed by atoms with Crippen molar-refractivity contribution in [2.45, 2.75) is 12.3 Å². The highest BCUT2D eigenvalue weighted by molar-refractivity contribution is 6.32. The molecule has 0 aliphatic heterocycles. The molecule has 78 valence electrons. The predicted octanol–water partition coefficient (Wildman–Crippen LogP) is 1.76. The fourth-order valence-electron chi connectivity index (χ4n) is 1.93. The third-order valence-corrected chi connectivity index (χ3v) is 2.98. The summed E-state index contributed by atoms with van der Waals surface area (Å²) in [4.78, 5) is 23.2. The zero-order valence-electron chi connectivity index (χ0n) is 8.21. The number of rotatable bonds is 1. The van der Waals surface area contributed by atoms with Crippen LogP contribution in [0, 0.1) is 0 Å². The Bertz CT molecular complexity index is 442. The van der Waals surface area contributed by atoms with Gasteiger partial charge in [-0.2, -0.15) is 0 Å². The van der Waals surface area contributed by atoms with Gasteiger partial charge in [-0.05, 0) is 11.6 Å². The molecule has 0 fully saturated rings. The second-order valence-electron chi connectivity index (χ2n) is 3.50. The van der Waals surface area contributed by atoms with E-state index in [0.717, 1.165) is 0 Å². The molecule has 15 heavy (non-hydrogen) atoms. The zero-order valence-corrected chi connectivity index (χ0v) is 8.97. The minimum Gasteiger partial charge on any atom is -0.359 e. The summed E-state index contributed by atoms with van der Waals surface area (Å²) in [6.07, 6.45) is 0.221. The fraction of sp³-hybridized carbons (Fsp3) is 0.273. The van der Waals surface area contributed by atoms with Gasteiger partial charge < -0.3 is 5.32 Å². The van der Waals surface area contributed by atoms with E-state index in [1.807, 2.05) is 0 Å². The summed E-state index contributed by atoms with van der Waals surface area (Å²) in [6, 6.07) is 5.15. The Balaban J connectivity index is 2.53. The highest BCUT2D eigenvalue weighted by Gasteiger charge is 2.35. The van der Waals surface area contributed by atoms with Crippen molar-refractivity contribution in [3.63, 3.8) is 0 Å². The van der Waals surface area contributed by atoms with Crippen molar-refractivity contribution in [3.05, 3.63) is 34.3 Å². The lowest BCUT2D eigenvalue weighted by atomic mass is 10.0. The molecular formula is C11H10ClNO2. The molecule has 1 atom stereocenters. The Morgan fingerprint density at radius 1 is 1.53 bits per heavy atom. The number of carbonyl (C=O) groups excluding carboxylic acids is 2. The van der Waals surface area contributed by atoms with Gasteiger partial charge in [0.25, 0.3) is 0 Å². The molecule has 1 aromatic rings. The first kappa shape index (κ1) is 10.2. The van der Waals surface area contributed by atoms with Crippen LogP contribution in [-0.2, 0) is 4.79 Å². The Morgan fingerprint density at radius 3 is 2.93 bits per heavy atom. The maximum Gasteiger partial charge on any atom is 0.227 e. The highest BCUT2D eigenvalue weighted by atomic mass is 35.5. The van der Waals surface area contributed by atoms with Crippen LogP contribution in [-0.4, -0.2) is 18.7 Å². The fourth-order valence-corrected chi connectivity index (χ4v) is 2.24. The molecule has 1 unspecified atom stereocenters. The monoisotopic (exact) mass is 223 g/mol. The van der Waals surface area contributed by atoms with Gasteiger partial charge in [0.2, 0.25) is 5.91 Å². The summed E-state index contributed by atoms with van der Waals surface area (Å²) in [5.74, 6) is -0.595. The Kier molecular flexibility index (Phi) is 2.49. The summed E-state index contributed by atoms with van der Waals surface area (Å²) in [7, 11) is 1.56. The number of Topliss-reactive ketones (excluding diaryl/α,β-unsaturated/α-hetero) is 1. The number of hydrogen-bond acceptors (Lipinski definition) is 2. The van der Waals surface area contributed by atoms with Crippen LogP contribution < -0.4 is 5.32 Å². The maximum absolute atomic E-state index is 11.6. The maximum atomic E-state index is 11.6. The Labute approximate surface area is 92.4 Å². The molecule has 1 N–H and O–H groups in total. The molecule has 0 aromatic heterocycles. The minimum absolute atomic E-state index is 0.0129. The molecule has 0 radical (unpaired) electrons. The predicted molar refractivity (Wildman–Crippen MR) is 57.2 cm³/mol. The number of amides is 1. The number of halogens is 1. The van der Waals surface area contributed by atoms with Crippen molar-refractivity contribution < 1.29 is 9.59 Å². The molecule has 1 aliphatic rings. The van der Waals surface area contributed by atoms with Crippen LogP contribution in [0.1, 0.15) is 28.3 Å². The molecule has 3 nitrogen and oxygen atoms in total. The zero-order chi connectivity index (χ0) is 11.0. The number of likely N-dealkylation sites (N-methyl/N-ethyl adjacent to an activating group) is 1. The van der Waals surface area contributed by atoms with Crippen molar-refractivity contribution in [2.24, 2.45) is 0 Å². The van der Waals surface area contributed by atoms with Crippen LogP contribution in [0.2, 0.25) is 5.02 Å². The summed E-state index contributed by atoms with van der Waals surface area (Å²) in [6.45, 7) is 0. The van der Waals surface area contributed by atoms with Gasteiger partial charge in [-0.1, -0.05) is 23.7 Å². The van der Waals surface area contributed by atoms with Crippen LogP contribution >= 0.6 is 11.6 Å². The van der Waals surface area contributed by atoms with Crippen LogP contribution in [0.5, 0.6) is 0 Å². The molecule has 1 aromatic carbocycles. The van der Waals surface area contributed by atoms with Gasteiger partial charge in [0.1, 0.15) is 0 Å². The smallest absolute Gasteiger partial charge is 0.227 e. The number of nitrogens with one attached hydrogen (secondary N) is 1. The second kappa shape index (κ2) is 3.66. The molecule has 2 rings (SSSR count). The molecular weight excluding hydrogens is 214 g/mol. The summed E-state index contributed by atoms with van der Waals surface area (Å²) >= 11 is 6.00. The van der Waals surface area contributed by atoms with Crippen molar-refractivity contribution in [2.75, 3.05) is 7.05 Å². The van der Waals surface area contributed by atoms with E-state index in [4.69, 9.17) is 11.6 Å². The van der Waals surface area contributed by atoms with Gasteiger partial charge in [-0.25, -0.2) is 0 Å². The lowest BCUT2D eigenvalue weighted by Crippen LogP contribution is -2.24. The van der Waals surface area contributed by atoms with E-state index < -0.39 is 5.92 Å². The largest absolute Gasteiger partial charge is 0.359 e. The Hall–Kier alpha value is -1.35. The number of fused-ring (bicyclic) bond motifs is 1. The van der Waals surface area contributed by atoms with Crippen molar-refractivity contribution in [3.8, 4) is 0 Å². The number of hydrogen-bond donors (Lipinski definition) is 1. The third kappa shape index (κ3) is 1.53. The van der Waals surface area contributed by atoms with Gasteiger partial charge in [-0.15, -0.1) is 0 Å². The lowest BCUT2D eigenvalue weighted by molar-refractivity contribution is -0.121. The topological polar surface area (TPSA) is 46.2 Å². The summed E-state index contributed by atoms with van der Waals surface area (Å²) in [5, 5.41) is 3.04. The van der Waals surface area contributed by atoms with E-state index >= 15 is 0 Å². The van der Waals surface area contributed by atoms with E-state index in [0.29, 0.717) is 16.1 Å². The molecule has 1 aliphatic carbocycles. The SMILES string of the molecule is CNC(=O)C1CC(=O)c2cccc(Cl)c21. The average Bonchev–Trinajstić information content (AvgIpc) is 2.57. The highest BCUT2D eigenvalue weighted by Crippen LogP contribution is 2.37. The van der Waals surface area contributed by atoms with Gasteiger partial charge >= 0.3 is 0 Å². The van der Waals surface area contributed by atoms with Crippen molar-refractivity contribution in [1.29, 1.82) is 0 Å². The van der Waals surface area contributed by atoms with Crippen LogP contribution in [0.25, 0.3) is 0 Å². The van der Waals surface area contributed by atoms with Gasteiger partial charge in [-0.3, -0.25) is 9.59 Å². The summed E-state index contributed by atoms with van der Waals surface area (Å²) < 4.78 is 0. The Morgan fingerprint density at radius 2 is 2.27 bits per heavy atom. The van der Waals surface area contributed by atoms with Gasteiger partial charge in [0.15, 0.2) is 5.78 Å². The lowest BCUT2D eigenvalue weighted by Gasteiger charge is -2.09. The summed E-state index contributed by atoms with van der Waals surface area (Å²) in [5.41, 5.74) is 1.25. The third-order valence-electron chi connectivity index (χ3n) is 2.65. The van der Waals surface area contributed by atoms with Crippen molar-refractivity contribution in [1.82, 2.24) is 5.32 Å². The van der Waals surface area contributed by atoms with Gasteiger partial charge in [0, 0.05) is 24.1 Å². The first-order valence-corrected chi connectivity index (χ1v) is 5.06. The van der Waals surface area contributed by atoms with E-state index in [1.165, 1.54) is 0 Å². The molecule has 4 heteroatoms. The van der Waals surface area contributed by atoms with Crippen LogP contribution in [0.3, 0.4) is 0 Å². The van der Waals surface area contributed by atoms with Crippen molar-refractivity contribution >= 4 is 23.3 Å². The second-order valence-corrected chi connectivity index (χ2v) is 3.90. The molecule has 0 heterocycles. The standard InChI is InChI=1S/C11H10ClNO2/c1-13-11(15)7-5-9(14)6-3-2-4-8(12)10(6)7/h2-4,7H,5H2,1H3,(H,13,15). The number of benzene rings is 1. The molecule has 0 spiro atoms. The molecule has 1 amide bonds. The van der Waals surface area contributed by atoms with E-state index in [1.54, 1.807) is 25.2 Å². The average molecular weight is 224 g/mol. The van der Waals surface area contributed by atoms with Crippen LogP contribution in [0.4, 0.5) is 0 Å². The molecule has 0 bridgehead atoms. The van der Waals surface area contributed by atoms with E-state index in [-0.39, 0.29) is 18.1 Å². The van der Waals surface area contributed by atoms with E-state index in [9.17, 15) is 9.59 Å². The minimum atomic E-state index is -0.425.